The molecule has 0 bridgehead atoms. The Labute approximate surface area is 140 Å². The molecule has 0 amide bonds. The van der Waals surface area contributed by atoms with Crippen molar-refractivity contribution < 1.29 is 4.74 Å². The van der Waals surface area contributed by atoms with Crippen LogP contribution in [0.4, 0.5) is 5.69 Å². The Bertz CT molecular complexity index is 632. The molecule has 2 aromatic rings. The number of methoxy groups -OCH3 is 1. The van der Waals surface area contributed by atoms with Gasteiger partial charge in [0.1, 0.15) is 5.75 Å². The fourth-order valence-corrected chi connectivity index (χ4v) is 3.26. The monoisotopic (exact) mass is 417 g/mol. The van der Waals surface area contributed by atoms with Crippen molar-refractivity contribution in [3.8, 4) is 5.75 Å². The Hall–Kier alpha value is -0.710. The van der Waals surface area contributed by atoms with Gasteiger partial charge < -0.3 is 10.1 Å². The number of hydrogen-bond acceptors (Lipinski definition) is 2. The quantitative estimate of drug-likeness (QED) is 0.677. The van der Waals surface area contributed by atoms with Gasteiger partial charge in [-0.15, -0.1) is 0 Å². The summed E-state index contributed by atoms with van der Waals surface area (Å²) in [7, 11) is 1.65. The lowest BCUT2D eigenvalue weighted by molar-refractivity contribution is 0.412. The van der Waals surface area contributed by atoms with Gasteiger partial charge in [0, 0.05) is 22.1 Å². The van der Waals surface area contributed by atoms with Gasteiger partial charge in [-0.05, 0) is 62.0 Å². The molecule has 0 spiro atoms. The van der Waals surface area contributed by atoms with Gasteiger partial charge >= 0.3 is 0 Å². The van der Waals surface area contributed by atoms with E-state index in [9.17, 15) is 0 Å². The van der Waals surface area contributed by atoms with E-state index in [0.29, 0.717) is 6.54 Å². The molecule has 106 valence electrons. The molecule has 0 radical (unpaired) electrons. The molecule has 0 aliphatic carbocycles. The van der Waals surface area contributed by atoms with E-state index >= 15 is 0 Å². The molecule has 0 heterocycles. The van der Waals surface area contributed by atoms with Gasteiger partial charge in [-0.25, -0.2) is 0 Å². The number of rotatable bonds is 4. The summed E-state index contributed by atoms with van der Waals surface area (Å²) in [6.45, 7) is 2.69. The van der Waals surface area contributed by atoms with Crippen LogP contribution in [0, 0.1) is 6.92 Å². The van der Waals surface area contributed by atoms with Gasteiger partial charge in [-0.3, -0.25) is 0 Å². The minimum atomic E-state index is 0.698. The summed E-state index contributed by atoms with van der Waals surface area (Å²) in [5, 5.41) is 4.16. The lowest BCUT2D eigenvalue weighted by atomic mass is 10.1. The molecule has 2 rings (SSSR count). The van der Waals surface area contributed by atoms with E-state index in [4.69, 9.17) is 16.3 Å². The maximum atomic E-state index is 6.13. The van der Waals surface area contributed by atoms with Gasteiger partial charge in [0.2, 0.25) is 0 Å². The zero-order chi connectivity index (χ0) is 14.7. The van der Waals surface area contributed by atoms with Gasteiger partial charge in [0.15, 0.2) is 0 Å². The van der Waals surface area contributed by atoms with Crippen LogP contribution in [0.3, 0.4) is 0 Å². The molecule has 0 atom stereocenters. The lowest BCUT2D eigenvalue weighted by Gasteiger charge is -2.12. The van der Waals surface area contributed by atoms with E-state index in [2.05, 4.69) is 43.2 Å². The number of ether oxygens (including phenoxy) is 1. The van der Waals surface area contributed by atoms with Gasteiger partial charge in [-0.1, -0.05) is 23.7 Å². The molecule has 2 nitrogen and oxygen atoms in total. The SMILES string of the molecule is COc1cc(NCc2ccc(C)c(Cl)c2)c(Br)cc1Br. The van der Waals surface area contributed by atoms with Crippen LogP contribution >= 0.6 is 43.5 Å². The van der Waals surface area contributed by atoms with Crippen LogP contribution in [0.5, 0.6) is 5.75 Å². The molecule has 5 heteroatoms. The summed E-state index contributed by atoms with van der Waals surface area (Å²) in [6, 6.07) is 9.98. The molecule has 1 N–H and O–H groups in total. The molecular weight excluding hydrogens is 405 g/mol. The molecule has 2 aromatic carbocycles. The van der Waals surface area contributed by atoms with Crippen LogP contribution in [0.25, 0.3) is 0 Å². The van der Waals surface area contributed by atoms with E-state index < -0.39 is 0 Å². The third-order valence-electron chi connectivity index (χ3n) is 2.96. The third-order valence-corrected chi connectivity index (χ3v) is 4.64. The maximum absolute atomic E-state index is 6.13. The van der Waals surface area contributed by atoms with Crippen LogP contribution in [-0.4, -0.2) is 7.11 Å². The highest BCUT2D eigenvalue weighted by atomic mass is 79.9. The molecule has 20 heavy (non-hydrogen) atoms. The van der Waals surface area contributed by atoms with Crippen molar-refractivity contribution >= 4 is 49.1 Å². The van der Waals surface area contributed by atoms with E-state index in [1.54, 1.807) is 7.11 Å². The summed E-state index contributed by atoms with van der Waals surface area (Å²) >= 11 is 13.1. The van der Waals surface area contributed by atoms with Crippen molar-refractivity contribution in [1.29, 1.82) is 0 Å². The minimum Gasteiger partial charge on any atom is -0.495 e. The second-order valence-corrected chi connectivity index (χ2v) is 6.52. The number of benzene rings is 2. The summed E-state index contributed by atoms with van der Waals surface area (Å²) in [5.41, 5.74) is 3.19. The van der Waals surface area contributed by atoms with Gasteiger partial charge in [0.25, 0.3) is 0 Å². The average molecular weight is 420 g/mol. The second kappa shape index (κ2) is 6.83. The van der Waals surface area contributed by atoms with Crippen LogP contribution in [0.15, 0.2) is 39.3 Å². The highest BCUT2D eigenvalue weighted by Gasteiger charge is 2.07. The number of halogens is 3. The molecule has 0 saturated heterocycles. The topological polar surface area (TPSA) is 21.3 Å². The lowest BCUT2D eigenvalue weighted by Crippen LogP contribution is -2.01. The molecule has 0 unspecified atom stereocenters. The Kier molecular flexibility index (Phi) is 5.35. The van der Waals surface area contributed by atoms with Crippen molar-refractivity contribution in [1.82, 2.24) is 0 Å². The number of anilines is 1. The first-order chi connectivity index (χ1) is 9.51. The smallest absolute Gasteiger partial charge is 0.135 e. The van der Waals surface area contributed by atoms with E-state index in [0.717, 1.165) is 36.5 Å². The van der Waals surface area contributed by atoms with Crippen LogP contribution < -0.4 is 10.1 Å². The highest BCUT2D eigenvalue weighted by Crippen LogP contribution is 2.34. The largest absolute Gasteiger partial charge is 0.495 e. The summed E-state index contributed by atoms with van der Waals surface area (Å²) in [4.78, 5) is 0. The summed E-state index contributed by atoms with van der Waals surface area (Å²) in [5.74, 6) is 0.789. The molecule has 0 fully saturated rings. The number of hydrogen-bond donors (Lipinski definition) is 1. The first-order valence-electron chi connectivity index (χ1n) is 6.03. The molecular formula is C15H14Br2ClNO. The molecule has 0 aromatic heterocycles. The van der Waals surface area contributed by atoms with Crippen molar-refractivity contribution in [2.75, 3.05) is 12.4 Å². The predicted molar refractivity (Wildman–Crippen MR) is 91.9 cm³/mol. The van der Waals surface area contributed by atoms with E-state index in [1.807, 2.05) is 31.2 Å². The van der Waals surface area contributed by atoms with E-state index in [-0.39, 0.29) is 0 Å². The normalized spacial score (nSPS) is 10.4. The first kappa shape index (κ1) is 15.7. The average Bonchev–Trinajstić information content (AvgIpc) is 2.41. The Balaban J connectivity index is 2.16. The molecule has 0 aliphatic heterocycles. The number of nitrogens with one attached hydrogen (secondary N) is 1. The van der Waals surface area contributed by atoms with Crippen LogP contribution in [0.2, 0.25) is 5.02 Å². The number of aryl methyl sites for hydroxylation is 1. The third kappa shape index (κ3) is 3.68. The second-order valence-electron chi connectivity index (χ2n) is 4.40. The minimum absolute atomic E-state index is 0.698. The zero-order valence-corrected chi connectivity index (χ0v) is 15.1. The summed E-state index contributed by atoms with van der Waals surface area (Å²) < 4.78 is 7.19. The Morgan fingerprint density at radius 3 is 2.55 bits per heavy atom. The Morgan fingerprint density at radius 1 is 1.15 bits per heavy atom. The predicted octanol–water partition coefficient (Wildman–Crippen LogP) is 5.79. The first-order valence-corrected chi connectivity index (χ1v) is 7.99. The summed E-state index contributed by atoms with van der Waals surface area (Å²) in [6.07, 6.45) is 0. The maximum Gasteiger partial charge on any atom is 0.135 e. The van der Waals surface area contributed by atoms with Crippen molar-refractivity contribution in [2.24, 2.45) is 0 Å². The van der Waals surface area contributed by atoms with E-state index in [1.165, 1.54) is 0 Å². The standard InChI is InChI=1S/C15H14Br2ClNO/c1-9-3-4-10(5-13(9)18)8-19-14-7-15(20-2)12(17)6-11(14)16/h3-7,19H,8H2,1-2H3. The molecule has 0 saturated carbocycles. The molecule has 0 aliphatic rings. The van der Waals surface area contributed by atoms with Crippen LogP contribution in [0.1, 0.15) is 11.1 Å². The zero-order valence-electron chi connectivity index (χ0n) is 11.1. The van der Waals surface area contributed by atoms with Crippen LogP contribution in [-0.2, 0) is 6.54 Å². The highest BCUT2D eigenvalue weighted by molar-refractivity contribution is 9.11. The van der Waals surface area contributed by atoms with Crippen molar-refractivity contribution in [2.45, 2.75) is 13.5 Å². The van der Waals surface area contributed by atoms with Gasteiger partial charge in [-0.2, -0.15) is 0 Å². The van der Waals surface area contributed by atoms with Crippen molar-refractivity contribution in [3.05, 3.63) is 55.4 Å². The van der Waals surface area contributed by atoms with Crippen molar-refractivity contribution in [3.63, 3.8) is 0 Å². The fraction of sp³-hybridized carbons (Fsp3) is 0.200. The Morgan fingerprint density at radius 2 is 1.90 bits per heavy atom. The van der Waals surface area contributed by atoms with Gasteiger partial charge in [0.05, 0.1) is 17.3 Å². The fourth-order valence-electron chi connectivity index (χ4n) is 1.76.